The van der Waals surface area contributed by atoms with Gasteiger partial charge in [-0.1, -0.05) is 0 Å². The van der Waals surface area contributed by atoms with Crippen LogP contribution < -0.4 is 10.6 Å². The SMILES string of the molecule is O=C(Nc1ccc2cn[nH]c2c1)C1CCCN1. The minimum atomic E-state index is -0.0486. The summed E-state index contributed by atoms with van der Waals surface area (Å²) in [6, 6.07) is 5.68. The van der Waals surface area contributed by atoms with Gasteiger partial charge in [0.1, 0.15) is 0 Å². The molecule has 1 saturated heterocycles. The van der Waals surface area contributed by atoms with Gasteiger partial charge in [-0.3, -0.25) is 9.89 Å². The maximum atomic E-state index is 11.9. The lowest BCUT2D eigenvalue weighted by Crippen LogP contribution is -2.35. The lowest BCUT2D eigenvalue weighted by molar-refractivity contribution is -0.117. The second-order valence-electron chi connectivity index (χ2n) is 4.31. The third-order valence-electron chi connectivity index (χ3n) is 3.09. The molecule has 0 radical (unpaired) electrons. The monoisotopic (exact) mass is 230 g/mol. The number of amides is 1. The number of hydrogen-bond donors (Lipinski definition) is 3. The molecule has 0 spiro atoms. The van der Waals surface area contributed by atoms with Gasteiger partial charge in [-0.2, -0.15) is 5.10 Å². The first kappa shape index (κ1) is 10.3. The van der Waals surface area contributed by atoms with Gasteiger partial charge < -0.3 is 10.6 Å². The van der Waals surface area contributed by atoms with E-state index in [1.807, 2.05) is 18.2 Å². The Morgan fingerprint density at radius 3 is 3.24 bits per heavy atom. The number of fused-ring (bicyclic) bond motifs is 1. The van der Waals surface area contributed by atoms with Crippen LogP contribution in [0.4, 0.5) is 5.69 Å². The van der Waals surface area contributed by atoms with Crippen LogP contribution in [0.2, 0.25) is 0 Å². The molecule has 3 rings (SSSR count). The fourth-order valence-electron chi connectivity index (χ4n) is 2.15. The Hall–Kier alpha value is -1.88. The van der Waals surface area contributed by atoms with E-state index in [9.17, 15) is 4.79 Å². The van der Waals surface area contributed by atoms with Gasteiger partial charge in [0, 0.05) is 11.1 Å². The van der Waals surface area contributed by atoms with Crippen LogP contribution in [0, 0.1) is 0 Å². The van der Waals surface area contributed by atoms with Crippen LogP contribution in [0.3, 0.4) is 0 Å². The number of nitrogens with one attached hydrogen (secondary N) is 3. The van der Waals surface area contributed by atoms with E-state index < -0.39 is 0 Å². The molecule has 1 amide bonds. The topological polar surface area (TPSA) is 69.8 Å². The van der Waals surface area contributed by atoms with Gasteiger partial charge in [0.15, 0.2) is 0 Å². The standard InChI is InChI=1S/C12H14N4O/c17-12(10-2-1-5-13-10)15-9-4-3-8-7-14-16-11(8)6-9/h3-4,6-7,10,13H,1-2,5H2,(H,14,16)(H,15,17). The number of aromatic nitrogens is 2. The second-order valence-corrected chi connectivity index (χ2v) is 4.31. The highest BCUT2D eigenvalue weighted by atomic mass is 16.2. The van der Waals surface area contributed by atoms with Crippen molar-refractivity contribution < 1.29 is 4.79 Å². The molecule has 1 aromatic heterocycles. The molecule has 0 saturated carbocycles. The number of rotatable bonds is 2. The van der Waals surface area contributed by atoms with E-state index in [4.69, 9.17) is 0 Å². The zero-order valence-electron chi connectivity index (χ0n) is 9.36. The number of hydrogen-bond acceptors (Lipinski definition) is 3. The number of carbonyl (C=O) groups is 1. The van der Waals surface area contributed by atoms with Crippen molar-refractivity contribution >= 4 is 22.5 Å². The van der Waals surface area contributed by atoms with E-state index in [1.54, 1.807) is 6.20 Å². The van der Waals surface area contributed by atoms with E-state index in [0.29, 0.717) is 0 Å². The first-order valence-electron chi connectivity index (χ1n) is 5.80. The molecule has 5 nitrogen and oxygen atoms in total. The van der Waals surface area contributed by atoms with Crippen LogP contribution >= 0.6 is 0 Å². The summed E-state index contributed by atoms with van der Waals surface area (Å²) >= 11 is 0. The molecule has 2 heterocycles. The van der Waals surface area contributed by atoms with E-state index in [1.165, 1.54) is 0 Å². The number of carbonyl (C=O) groups excluding carboxylic acids is 1. The molecule has 3 N–H and O–H groups in total. The van der Waals surface area contributed by atoms with Crippen molar-refractivity contribution in [3.8, 4) is 0 Å². The van der Waals surface area contributed by atoms with Crippen LogP contribution in [-0.2, 0) is 4.79 Å². The van der Waals surface area contributed by atoms with Crippen molar-refractivity contribution in [1.82, 2.24) is 15.5 Å². The van der Waals surface area contributed by atoms with Crippen LogP contribution in [-0.4, -0.2) is 28.7 Å². The van der Waals surface area contributed by atoms with Crippen molar-refractivity contribution in [2.24, 2.45) is 0 Å². The van der Waals surface area contributed by atoms with Gasteiger partial charge in [0.25, 0.3) is 0 Å². The average molecular weight is 230 g/mol. The molecular formula is C12H14N4O. The van der Waals surface area contributed by atoms with Gasteiger partial charge in [-0.05, 0) is 37.6 Å². The number of benzene rings is 1. The predicted molar refractivity (Wildman–Crippen MR) is 65.7 cm³/mol. The third-order valence-corrected chi connectivity index (χ3v) is 3.09. The van der Waals surface area contributed by atoms with Crippen LogP contribution in [0.5, 0.6) is 0 Å². The van der Waals surface area contributed by atoms with Gasteiger partial charge in [-0.25, -0.2) is 0 Å². The molecule has 17 heavy (non-hydrogen) atoms. The van der Waals surface area contributed by atoms with E-state index >= 15 is 0 Å². The lowest BCUT2D eigenvalue weighted by atomic mass is 10.2. The molecule has 1 aliphatic rings. The number of anilines is 1. The molecule has 2 aromatic rings. The van der Waals surface area contributed by atoms with Crippen molar-refractivity contribution in [3.05, 3.63) is 24.4 Å². The zero-order valence-corrected chi connectivity index (χ0v) is 9.36. The summed E-state index contributed by atoms with van der Waals surface area (Å²) in [5.74, 6) is 0.0429. The Balaban J connectivity index is 1.77. The summed E-state index contributed by atoms with van der Waals surface area (Å²) in [5.41, 5.74) is 1.74. The van der Waals surface area contributed by atoms with E-state index in [0.717, 1.165) is 36.0 Å². The second kappa shape index (κ2) is 4.18. The molecule has 1 aliphatic heterocycles. The van der Waals surface area contributed by atoms with E-state index in [-0.39, 0.29) is 11.9 Å². The molecular weight excluding hydrogens is 216 g/mol. The summed E-state index contributed by atoms with van der Waals surface area (Å²) in [5, 5.41) is 14.0. The van der Waals surface area contributed by atoms with Crippen molar-refractivity contribution in [3.63, 3.8) is 0 Å². The van der Waals surface area contributed by atoms with Gasteiger partial charge in [0.05, 0.1) is 17.8 Å². The fourth-order valence-corrected chi connectivity index (χ4v) is 2.15. The Morgan fingerprint density at radius 1 is 1.47 bits per heavy atom. The molecule has 5 heteroatoms. The Bertz CT molecular complexity index is 542. The molecule has 1 aromatic carbocycles. The maximum absolute atomic E-state index is 11.9. The third kappa shape index (κ3) is 2.01. The van der Waals surface area contributed by atoms with Crippen LogP contribution in [0.15, 0.2) is 24.4 Å². The number of aromatic amines is 1. The molecule has 0 bridgehead atoms. The maximum Gasteiger partial charge on any atom is 0.241 e. The summed E-state index contributed by atoms with van der Waals surface area (Å²) in [4.78, 5) is 11.9. The Morgan fingerprint density at radius 2 is 2.41 bits per heavy atom. The molecule has 88 valence electrons. The highest BCUT2D eigenvalue weighted by molar-refractivity contribution is 5.96. The molecule has 1 unspecified atom stereocenters. The van der Waals surface area contributed by atoms with E-state index in [2.05, 4.69) is 20.8 Å². The highest BCUT2D eigenvalue weighted by Gasteiger charge is 2.21. The highest BCUT2D eigenvalue weighted by Crippen LogP contribution is 2.17. The Labute approximate surface area is 98.6 Å². The molecule has 0 aliphatic carbocycles. The fraction of sp³-hybridized carbons (Fsp3) is 0.333. The van der Waals surface area contributed by atoms with Crippen molar-refractivity contribution in [2.75, 3.05) is 11.9 Å². The normalized spacial score (nSPS) is 19.6. The van der Waals surface area contributed by atoms with Crippen molar-refractivity contribution in [1.29, 1.82) is 0 Å². The first-order valence-corrected chi connectivity index (χ1v) is 5.80. The first-order chi connectivity index (χ1) is 8.33. The minimum Gasteiger partial charge on any atom is -0.325 e. The largest absolute Gasteiger partial charge is 0.325 e. The van der Waals surface area contributed by atoms with Gasteiger partial charge in [-0.15, -0.1) is 0 Å². The predicted octanol–water partition coefficient (Wildman–Crippen LogP) is 1.25. The summed E-state index contributed by atoms with van der Waals surface area (Å²) in [6.07, 6.45) is 3.75. The summed E-state index contributed by atoms with van der Waals surface area (Å²) < 4.78 is 0. The summed E-state index contributed by atoms with van der Waals surface area (Å²) in [6.45, 7) is 0.928. The average Bonchev–Trinajstić information content (AvgIpc) is 2.99. The quantitative estimate of drug-likeness (QED) is 0.727. The Kier molecular flexibility index (Phi) is 2.53. The van der Waals surface area contributed by atoms with Gasteiger partial charge in [0.2, 0.25) is 5.91 Å². The van der Waals surface area contributed by atoms with Crippen molar-refractivity contribution in [2.45, 2.75) is 18.9 Å². The molecule has 1 fully saturated rings. The molecule has 1 atom stereocenters. The summed E-state index contributed by atoms with van der Waals surface area (Å²) in [7, 11) is 0. The van der Waals surface area contributed by atoms with Crippen LogP contribution in [0.25, 0.3) is 10.9 Å². The van der Waals surface area contributed by atoms with Gasteiger partial charge >= 0.3 is 0 Å². The number of nitrogens with zero attached hydrogens (tertiary/aromatic N) is 1. The lowest BCUT2D eigenvalue weighted by Gasteiger charge is -2.10. The minimum absolute atomic E-state index is 0.0429. The zero-order chi connectivity index (χ0) is 11.7. The number of H-pyrrole nitrogens is 1. The van der Waals surface area contributed by atoms with Crippen LogP contribution in [0.1, 0.15) is 12.8 Å². The smallest absolute Gasteiger partial charge is 0.241 e.